The van der Waals surface area contributed by atoms with Gasteiger partial charge in [-0.2, -0.15) is 0 Å². The van der Waals surface area contributed by atoms with E-state index in [9.17, 15) is 29.3 Å². The molecule has 1 aliphatic rings. The molecule has 0 bridgehead atoms. The van der Waals surface area contributed by atoms with Gasteiger partial charge in [-0.05, 0) is 42.5 Å². The number of hydrogen-bond acceptors (Lipinski definition) is 9. The first-order chi connectivity index (χ1) is 18.3. The number of benzene rings is 3. The van der Waals surface area contributed by atoms with Crippen molar-refractivity contribution in [3.63, 3.8) is 0 Å². The largest absolute Gasteiger partial charge is 0.494 e. The summed E-state index contributed by atoms with van der Waals surface area (Å²) in [5, 5.41) is 11.0. The van der Waals surface area contributed by atoms with Gasteiger partial charge in [-0.1, -0.05) is 18.2 Å². The first-order valence-corrected chi connectivity index (χ1v) is 11.5. The highest BCUT2D eigenvalue weighted by atomic mass is 16.6. The minimum absolute atomic E-state index is 0.0263. The molecule has 3 aromatic rings. The standard InChI is InChI=1S/C27H22N2O9/c1-36-24-14-20(29(34)35)9-12-22(24)28-15-19(13-25(28)31)26(32)37-16-23(30)17-7-10-21(11-8-17)38-27(33)18-5-3-2-4-6-18/h2-12,14,19H,13,15-16H2,1H3/t19-/m1/s1. The predicted molar refractivity (Wildman–Crippen MR) is 133 cm³/mol. The fraction of sp³-hybridized carbons (Fsp3) is 0.185. The van der Waals surface area contributed by atoms with E-state index in [1.807, 2.05) is 0 Å². The molecule has 0 unspecified atom stereocenters. The van der Waals surface area contributed by atoms with Crippen molar-refractivity contribution in [1.29, 1.82) is 0 Å². The smallest absolute Gasteiger partial charge is 0.343 e. The van der Waals surface area contributed by atoms with Crippen molar-refractivity contribution in [3.05, 3.63) is 94.0 Å². The zero-order valence-electron chi connectivity index (χ0n) is 20.2. The third-order valence-electron chi connectivity index (χ3n) is 5.87. The number of hydrogen-bond donors (Lipinski definition) is 0. The number of non-ortho nitro benzene ring substituents is 1. The molecule has 0 aliphatic carbocycles. The van der Waals surface area contributed by atoms with Gasteiger partial charge in [0.2, 0.25) is 5.91 Å². The molecular formula is C27H22N2O9. The van der Waals surface area contributed by atoms with Gasteiger partial charge in [-0.3, -0.25) is 24.5 Å². The van der Waals surface area contributed by atoms with E-state index in [1.165, 1.54) is 54.5 Å². The summed E-state index contributed by atoms with van der Waals surface area (Å²) in [5.74, 6) is -2.57. The Morgan fingerprint density at radius 1 is 1.00 bits per heavy atom. The Balaban J connectivity index is 1.32. The van der Waals surface area contributed by atoms with Crippen LogP contribution in [0, 0.1) is 16.0 Å². The molecule has 0 saturated carbocycles. The lowest BCUT2D eigenvalue weighted by Gasteiger charge is -2.19. The molecule has 0 spiro atoms. The number of ether oxygens (including phenoxy) is 3. The van der Waals surface area contributed by atoms with Crippen LogP contribution in [0.25, 0.3) is 0 Å². The zero-order valence-corrected chi connectivity index (χ0v) is 20.2. The van der Waals surface area contributed by atoms with Crippen molar-refractivity contribution >= 4 is 35.0 Å². The van der Waals surface area contributed by atoms with Crippen LogP contribution in [0.3, 0.4) is 0 Å². The van der Waals surface area contributed by atoms with Crippen molar-refractivity contribution in [2.75, 3.05) is 25.2 Å². The molecule has 0 aromatic heterocycles. The van der Waals surface area contributed by atoms with Gasteiger partial charge in [0.25, 0.3) is 5.69 Å². The molecule has 11 heteroatoms. The maximum Gasteiger partial charge on any atom is 0.343 e. The Bertz CT molecular complexity index is 1390. The summed E-state index contributed by atoms with van der Waals surface area (Å²) in [4.78, 5) is 61.5. The number of nitro benzene ring substituents is 1. The van der Waals surface area contributed by atoms with Gasteiger partial charge < -0.3 is 19.1 Å². The van der Waals surface area contributed by atoms with Crippen molar-refractivity contribution in [3.8, 4) is 11.5 Å². The van der Waals surface area contributed by atoms with Crippen molar-refractivity contribution in [1.82, 2.24) is 0 Å². The third-order valence-corrected chi connectivity index (χ3v) is 5.87. The second-order valence-corrected chi connectivity index (χ2v) is 8.33. The molecule has 0 radical (unpaired) electrons. The van der Waals surface area contributed by atoms with Gasteiger partial charge in [0, 0.05) is 24.6 Å². The number of nitrogens with zero attached hydrogens (tertiary/aromatic N) is 2. The van der Waals surface area contributed by atoms with E-state index in [0.29, 0.717) is 11.3 Å². The second-order valence-electron chi connectivity index (χ2n) is 8.33. The molecule has 3 aromatic carbocycles. The number of nitro groups is 1. The van der Waals surface area contributed by atoms with Gasteiger partial charge in [0.05, 0.1) is 35.3 Å². The fourth-order valence-corrected chi connectivity index (χ4v) is 3.89. The lowest BCUT2D eigenvalue weighted by molar-refractivity contribution is -0.384. The van der Waals surface area contributed by atoms with Gasteiger partial charge in [0.1, 0.15) is 11.5 Å². The zero-order chi connectivity index (χ0) is 27.2. The number of carbonyl (C=O) groups excluding carboxylic acids is 4. The maximum absolute atomic E-state index is 12.6. The fourth-order valence-electron chi connectivity index (χ4n) is 3.89. The van der Waals surface area contributed by atoms with Crippen LogP contribution >= 0.6 is 0 Å². The van der Waals surface area contributed by atoms with Crippen LogP contribution in [0.2, 0.25) is 0 Å². The molecule has 1 heterocycles. The van der Waals surface area contributed by atoms with Crippen LogP contribution in [0.15, 0.2) is 72.8 Å². The van der Waals surface area contributed by atoms with Gasteiger partial charge >= 0.3 is 11.9 Å². The SMILES string of the molecule is COc1cc([N+](=O)[O-])ccc1N1C[C@H](C(=O)OCC(=O)c2ccc(OC(=O)c3ccccc3)cc2)CC1=O. The molecule has 11 nitrogen and oxygen atoms in total. The highest BCUT2D eigenvalue weighted by Crippen LogP contribution is 2.36. The monoisotopic (exact) mass is 518 g/mol. The second kappa shape index (κ2) is 11.3. The topological polar surface area (TPSA) is 142 Å². The summed E-state index contributed by atoms with van der Waals surface area (Å²) in [6, 6.07) is 18.1. The number of anilines is 1. The molecule has 1 amide bonds. The van der Waals surface area contributed by atoms with Crippen LogP contribution in [-0.4, -0.2) is 48.8 Å². The number of esters is 2. The first kappa shape index (κ1) is 26.0. The minimum Gasteiger partial charge on any atom is -0.494 e. The average Bonchev–Trinajstić information content (AvgIpc) is 3.33. The van der Waals surface area contributed by atoms with Crippen LogP contribution in [0.4, 0.5) is 11.4 Å². The summed E-state index contributed by atoms with van der Waals surface area (Å²) in [7, 11) is 1.32. The predicted octanol–water partition coefficient (Wildman–Crippen LogP) is 3.60. The Labute approximate surface area is 216 Å². The number of carbonyl (C=O) groups is 4. The minimum atomic E-state index is -0.824. The van der Waals surface area contributed by atoms with Crippen molar-refractivity contribution in [2.24, 2.45) is 5.92 Å². The van der Waals surface area contributed by atoms with Gasteiger partial charge in [0.15, 0.2) is 12.4 Å². The van der Waals surface area contributed by atoms with Crippen LogP contribution in [0.1, 0.15) is 27.1 Å². The molecule has 38 heavy (non-hydrogen) atoms. The highest BCUT2D eigenvalue weighted by Gasteiger charge is 2.37. The molecule has 1 saturated heterocycles. The molecule has 1 atom stereocenters. The van der Waals surface area contributed by atoms with E-state index in [4.69, 9.17) is 14.2 Å². The lowest BCUT2D eigenvalue weighted by atomic mass is 10.1. The maximum atomic E-state index is 12.6. The van der Waals surface area contributed by atoms with Crippen molar-refractivity contribution in [2.45, 2.75) is 6.42 Å². The van der Waals surface area contributed by atoms with E-state index >= 15 is 0 Å². The van der Waals surface area contributed by atoms with E-state index < -0.39 is 35.2 Å². The average molecular weight is 518 g/mol. The number of Topliss-reactive ketones (excluding diaryl/α,β-unsaturated/α-hetero) is 1. The van der Waals surface area contributed by atoms with Crippen molar-refractivity contribution < 1.29 is 38.3 Å². The summed E-state index contributed by atoms with van der Waals surface area (Å²) in [6.45, 7) is -0.560. The van der Waals surface area contributed by atoms with Crippen LogP contribution < -0.4 is 14.4 Å². The van der Waals surface area contributed by atoms with E-state index in [1.54, 1.807) is 30.3 Å². The number of amides is 1. The Kier molecular flexibility index (Phi) is 7.76. The Morgan fingerprint density at radius 3 is 2.37 bits per heavy atom. The summed E-state index contributed by atoms with van der Waals surface area (Å²) in [5.41, 5.74) is 0.726. The molecule has 194 valence electrons. The van der Waals surface area contributed by atoms with E-state index in [-0.39, 0.29) is 41.6 Å². The van der Waals surface area contributed by atoms with Gasteiger partial charge in [-0.15, -0.1) is 0 Å². The molecule has 0 N–H and O–H groups in total. The quantitative estimate of drug-likeness (QED) is 0.136. The van der Waals surface area contributed by atoms with Gasteiger partial charge in [-0.25, -0.2) is 4.79 Å². The normalized spacial score (nSPS) is 14.6. The molecule has 1 aliphatic heterocycles. The summed E-state index contributed by atoms with van der Waals surface area (Å²) >= 11 is 0. The Hall–Kier alpha value is -5.06. The summed E-state index contributed by atoms with van der Waals surface area (Å²) in [6.07, 6.45) is -0.144. The van der Waals surface area contributed by atoms with Crippen LogP contribution in [-0.2, 0) is 14.3 Å². The Morgan fingerprint density at radius 2 is 1.71 bits per heavy atom. The number of methoxy groups -OCH3 is 1. The molecule has 1 fully saturated rings. The lowest BCUT2D eigenvalue weighted by Crippen LogP contribution is -2.27. The highest BCUT2D eigenvalue weighted by molar-refractivity contribution is 6.02. The van der Waals surface area contributed by atoms with Crippen LogP contribution in [0.5, 0.6) is 11.5 Å². The molecule has 4 rings (SSSR count). The third kappa shape index (κ3) is 5.84. The van der Waals surface area contributed by atoms with E-state index in [2.05, 4.69) is 0 Å². The summed E-state index contributed by atoms with van der Waals surface area (Å²) < 4.78 is 15.6. The molecular weight excluding hydrogens is 496 g/mol. The number of rotatable bonds is 9. The van der Waals surface area contributed by atoms with E-state index in [0.717, 1.165) is 0 Å². The first-order valence-electron chi connectivity index (χ1n) is 11.5. The number of ketones is 1.